The van der Waals surface area contributed by atoms with Gasteiger partial charge in [-0.15, -0.1) is 0 Å². The quantitative estimate of drug-likeness (QED) is 0.459. The van der Waals surface area contributed by atoms with Crippen molar-refractivity contribution in [3.8, 4) is 0 Å². The fourth-order valence-corrected chi connectivity index (χ4v) is 1.58. The third-order valence-corrected chi connectivity index (χ3v) is 2.07. The normalized spacial score (nSPS) is 35.0. The summed E-state index contributed by atoms with van der Waals surface area (Å²) in [5, 5.41) is 3.45. The Bertz CT molecular complexity index is 124. The van der Waals surface area contributed by atoms with Gasteiger partial charge in [0.25, 0.3) is 0 Å². The molecule has 1 atom stereocenters. The van der Waals surface area contributed by atoms with Crippen molar-refractivity contribution in [2.75, 3.05) is 6.54 Å². The molecule has 2 rings (SSSR count). The molecule has 0 aromatic carbocycles. The van der Waals surface area contributed by atoms with Crippen molar-refractivity contribution in [1.82, 2.24) is 5.32 Å². The molecule has 0 aromatic heterocycles. The monoisotopic (exact) mass is 109 g/mol. The van der Waals surface area contributed by atoms with Crippen molar-refractivity contribution < 1.29 is 0 Å². The number of rotatable bonds is 0. The number of fused-ring (bicyclic) bond motifs is 2. The first-order valence-corrected chi connectivity index (χ1v) is 3.36. The lowest BCUT2D eigenvalue weighted by Gasteiger charge is -2.09. The third-order valence-electron chi connectivity index (χ3n) is 2.07. The van der Waals surface area contributed by atoms with Crippen molar-refractivity contribution in [3.63, 3.8) is 0 Å². The van der Waals surface area contributed by atoms with Crippen LogP contribution < -0.4 is 5.32 Å². The summed E-state index contributed by atoms with van der Waals surface area (Å²) in [5.41, 5.74) is 1.64. The Kier molecular flexibility index (Phi) is 0.908. The first kappa shape index (κ1) is 4.57. The Labute approximate surface area is 49.8 Å². The molecule has 2 aliphatic rings. The van der Waals surface area contributed by atoms with E-state index in [1.807, 2.05) is 0 Å². The molecular weight excluding hydrogens is 98.1 g/mol. The summed E-state index contributed by atoms with van der Waals surface area (Å²) < 4.78 is 0. The van der Waals surface area contributed by atoms with Crippen LogP contribution in [0.5, 0.6) is 0 Å². The average molecular weight is 109 g/mol. The van der Waals surface area contributed by atoms with Gasteiger partial charge in [-0.2, -0.15) is 0 Å². The van der Waals surface area contributed by atoms with Crippen LogP contribution in [0.4, 0.5) is 0 Å². The second-order valence-electron chi connectivity index (χ2n) is 2.72. The molecule has 0 saturated carbocycles. The van der Waals surface area contributed by atoms with Crippen LogP contribution in [-0.2, 0) is 0 Å². The smallest absolute Gasteiger partial charge is 0.0167 e. The van der Waals surface area contributed by atoms with Gasteiger partial charge in [-0.3, -0.25) is 0 Å². The molecule has 1 fully saturated rings. The number of nitrogens with one attached hydrogen (secondary N) is 1. The van der Waals surface area contributed by atoms with Crippen LogP contribution in [0.3, 0.4) is 0 Å². The minimum Gasteiger partial charge on any atom is -0.310 e. The minimum absolute atomic E-state index is 0.843. The molecule has 1 aliphatic carbocycles. The average Bonchev–Trinajstić information content (AvgIpc) is 2.12. The van der Waals surface area contributed by atoms with Gasteiger partial charge in [0.2, 0.25) is 0 Å². The summed E-state index contributed by atoms with van der Waals surface area (Å²) >= 11 is 0. The molecule has 1 unspecified atom stereocenters. The highest BCUT2D eigenvalue weighted by Crippen LogP contribution is 2.22. The van der Waals surface area contributed by atoms with E-state index >= 15 is 0 Å². The predicted molar refractivity (Wildman–Crippen MR) is 33.7 cm³/mol. The van der Waals surface area contributed by atoms with Crippen LogP contribution in [0.15, 0.2) is 11.6 Å². The van der Waals surface area contributed by atoms with Crippen molar-refractivity contribution >= 4 is 0 Å². The molecule has 1 aliphatic heterocycles. The Hall–Kier alpha value is -0.300. The Morgan fingerprint density at radius 3 is 3.38 bits per heavy atom. The van der Waals surface area contributed by atoms with Gasteiger partial charge in [0.15, 0.2) is 0 Å². The van der Waals surface area contributed by atoms with Crippen LogP contribution in [-0.4, -0.2) is 12.6 Å². The van der Waals surface area contributed by atoms with Gasteiger partial charge in [-0.05, 0) is 19.3 Å². The van der Waals surface area contributed by atoms with Gasteiger partial charge in [-0.25, -0.2) is 0 Å². The van der Waals surface area contributed by atoms with E-state index in [-0.39, 0.29) is 0 Å². The van der Waals surface area contributed by atoms with Crippen molar-refractivity contribution in [3.05, 3.63) is 11.6 Å². The van der Waals surface area contributed by atoms with Gasteiger partial charge in [-0.1, -0.05) is 11.6 Å². The molecule has 0 spiro atoms. The Morgan fingerprint density at radius 2 is 2.62 bits per heavy atom. The lowest BCUT2D eigenvalue weighted by molar-refractivity contribution is 0.561. The van der Waals surface area contributed by atoms with Crippen LogP contribution in [0.2, 0.25) is 0 Å². The zero-order chi connectivity index (χ0) is 5.40. The molecular formula is C7H11N. The zero-order valence-corrected chi connectivity index (χ0v) is 4.98. The molecule has 1 heteroatoms. The lowest BCUT2D eigenvalue weighted by Crippen LogP contribution is -2.20. The van der Waals surface area contributed by atoms with Gasteiger partial charge in [0.1, 0.15) is 0 Å². The SMILES string of the molecule is C1=C2CNC(CC1)C2. The summed E-state index contributed by atoms with van der Waals surface area (Å²) in [7, 11) is 0. The van der Waals surface area contributed by atoms with Gasteiger partial charge >= 0.3 is 0 Å². The van der Waals surface area contributed by atoms with Crippen molar-refractivity contribution in [2.24, 2.45) is 0 Å². The molecule has 0 radical (unpaired) electrons. The minimum atomic E-state index is 0.843. The maximum Gasteiger partial charge on any atom is 0.0167 e. The number of hydrogen-bond acceptors (Lipinski definition) is 1. The molecule has 8 heavy (non-hydrogen) atoms. The largest absolute Gasteiger partial charge is 0.310 e. The molecule has 2 bridgehead atoms. The van der Waals surface area contributed by atoms with Crippen molar-refractivity contribution in [1.29, 1.82) is 0 Å². The fraction of sp³-hybridized carbons (Fsp3) is 0.714. The van der Waals surface area contributed by atoms with E-state index in [4.69, 9.17) is 0 Å². The highest BCUT2D eigenvalue weighted by atomic mass is 14.9. The highest BCUT2D eigenvalue weighted by Gasteiger charge is 2.20. The summed E-state index contributed by atoms with van der Waals surface area (Å²) in [6.45, 7) is 1.17. The summed E-state index contributed by atoms with van der Waals surface area (Å²) in [5.74, 6) is 0. The topological polar surface area (TPSA) is 12.0 Å². The molecule has 44 valence electrons. The fourth-order valence-electron chi connectivity index (χ4n) is 1.58. The maximum atomic E-state index is 3.45. The summed E-state index contributed by atoms with van der Waals surface area (Å²) in [6.07, 6.45) is 6.40. The van der Waals surface area contributed by atoms with E-state index in [2.05, 4.69) is 11.4 Å². The van der Waals surface area contributed by atoms with E-state index in [0.29, 0.717) is 0 Å². The van der Waals surface area contributed by atoms with Crippen LogP contribution in [0, 0.1) is 0 Å². The van der Waals surface area contributed by atoms with Gasteiger partial charge in [0.05, 0.1) is 0 Å². The standard InChI is InChI=1S/C7H11N/c1-2-6-4-7(3-1)8-5-6/h2,7-8H,1,3-5H2. The first-order valence-electron chi connectivity index (χ1n) is 3.36. The van der Waals surface area contributed by atoms with Crippen molar-refractivity contribution in [2.45, 2.75) is 25.3 Å². The summed E-state index contributed by atoms with van der Waals surface area (Å²) in [6, 6.07) is 0.843. The highest BCUT2D eigenvalue weighted by molar-refractivity contribution is 5.15. The van der Waals surface area contributed by atoms with E-state index in [9.17, 15) is 0 Å². The number of hydrogen-bond donors (Lipinski definition) is 1. The van der Waals surface area contributed by atoms with Gasteiger partial charge in [0, 0.05) is 12.6 Å². The van der Waals surface area contributed by atoms with Crippen LogP contribution in [0.25, 0.3) is 0 Å². The van der Waals surface area contributed by atoms with Crippen LogP contribution >= 0.6 is 0 Å². The second-order valence-corrected chi connectivity index (χ2v) is 2.72. The van der Waals surface area contributed by atoms with E-state index in [1.54, 1.807) is 5.57 Å². The Morgan fingerprint density at radius 1 is 1.62 bits per heavy atom. The molecule has 0 amide bonds. The predicted octanol–water partition coefficient (Wildman–Crippen LogP) is 1.07. The van der Waals surface area contributed by atoms with E-state index in [1.165, 1.54) is 25.8 Å². The molecule has 1 nitrogen and oxygen atoms in total. The molecule has 1 N–H and O–H groups in total. The summed E-state index contributed by atoms with van der Waals surface area (Å²) in [4.78, 5) is 0. The second kappa shape index (κ2) is 1.59. The molecule has 1 saturated heterocycles. The van der Waals surface area contributed by atoms with Gasteiger partial charge < -0.3 is 5.32 Å². The lowest BCUT2D eigenvalue weighted by atomic mass is 10.0. The Balaban J connectivity index is 2.22. The van der Waals surface area contributed by atoms with Crippen LogP contribution in [0.1, 0.15) is 19.3 Å². The molecule has 0 aromatic rings. The number of allylic oxidation sites excluding steroid dienone is 1. The maximum absolute atomic E-state index is 3.45. The first-order chi connectivity index (χ1) is 3.95. The third kappa shape index (κ3) is 0.583. The zero-order valence-electron chi connectivity index (χ0n) is 4.98. The molecule has 1 heterocycles. The van der Waals surface area contributed by atoms with E-state index < -0.39 is 0 Å². The van der Waals surface area contributed by atoms with E-state index in [0.717, 1.165) is 6.04 Å².